The average Bonchev–Trinajstić information content (AvgIpc) is 3.13. The van der Waals surface area contributed by atoms with Gasteiger partial charge in [0.1, 0.15) is 0 Å². The summed E-state index contributed by atoms with van der Waals surface area (Å²) in [6.07, 6.45) is 2.42. The summed E-state index contributed by atoms with van der Waals surface area (Å²) in [5.41, 5.74) is 6.54. The molecule has 0 fully saturated rings. The topological polar surface area (TPSA) is 66.7 Å². The van der Waals surface area contributed by atoms with E-state index in [1.807, 2.05) is 54.8 Å². The lowest BCUT2D eigenvalue weighted by molar-refractivity contribution is 0.372. The molecule has 0 saturated carbocycles. The second-order valence-electron chi connectivity index (χ2n) is 5.36. The van der Waals surface area contributed by atoms with Crippen molar-refractivity contribution in [3.63, 3.8) is 0 Å². The Morgan fingerprint density at radius 1 is 1.28 bits per heavy atom. The fourth-order valence-corrected chi connectivity index (χ4v) is 3.04. The van der Waals surface area contributed by atoms with Crippen molar-refractivity contribution in [2.45, 2.75) is 13.3 Å². The number of hydrogen-bond donors (Lipinski definition) is 2. The third-order valence-electron chi connectivity index (χ3n) is 3.73. The molecule has 0 unspecified atom stereocenters. The molecule has 25 heavy (non-hydrogen) atoms. The van der Waals surface area contributed by atoms with E-state index in [4.69, 9.17) is 4.74 Å². The lowest BCUT2D eigenvalue weighted by atomic mass is 10.1. The van der Waals surface area contributed by atoms with E-state index < -0.39 is 0 Å². The number of methoxy groups -OCH3 is 1. The molecule has 0 saturated heterocycles. The van der Waals surface area contributed by atoms with Crippen LogP contribution in [0.2, 0.25) is 0 Å². The van der Waals surface area contributed by atoms with Crippen LogP contribution >= 0.6 is 11.3 Å². The van der Waals surface area contributed by atoms with Crippen LogP contribution in [-0.2, 0) is 6.42 Å². The number of nitrogens with zero attached hydrogens (tertiary/aromatic N) is 2. The van der Waals surface area contributed by atoms with Gasteiger partial charge in [0.05, 0.1) is 19.0 Å². The van der Waals surface area contributed by atoms with Crippen molar-refractivity contribution in [1.82, 2.24) is 4.98 Å². The van der Waals surface area contributed by atoms with E-state index in [2.05, 4.69) is 15.5 Å². The fraction of sp³-hybridized carbons (Fsp3) is 0.158. The predicted octanol–water partition coefficient (Wildman–Crippen LogP) is 4.53. The highest BCUT2D eigenvalue weighted by molar-refractivity contribution is 7.14. The number of ether oxygens (including phenoxy) is 1. The van der Waals surface area contributed by atoms with Gasteiger partial charge in [-0.05, 0) is 24.1 Å². The molecule has 3 aromatic rings. The SMILES string of the molecule is CCc1cc(C=NNc2nc(-c3ccccc3)cs2)c(O)c(OC)c1. The highest BCUT2D eigenvalue weighted by Gasteiger charge is 2.09. The molecule has 0 bridgehead atoms. The Labute approximate surface area is 150 Å². The summed E-state index contributed by atoms with van der Waals surface area (Å²) in [5.74, 6) is 0.524. The van der Waals surface area contributed by atoms with E-state index in [-0.39, 0.29) is 5.75 Å². The molecule has 6 heteroatoms. The molecule has 0 aliphatic heterocycles. The summed E-state index contributed by atoms with van der Waals surface area (Å²) in [4.78, 5) is 4.51. The number of hydrogen-bond acceptors (Lipinski definition) is 6. The molecule has 0 amide bonds. The molecule has 0 radical (unpaired) electrons. The molecule has 0 aliphatic rings. The van der Waals surface area contributed by atoms with Gasteiger partial charge in [-0.1, -0.05) is 37.3 Å². The van der Waals surface area contributed by atoms with E-state index in [1.54, 1.807) is 6.21 Å². The second-order valence-corrected chi connectivity index (χ2v) is 6.22. The number of aromatic hydroxyl groups is 1. The van der Waals surface area contributed by atoms with E-state index >= 15 is 0 Å². The predicted molar refractivity (Wildman–Crippen MR) is 103 cm³/mol. The summed E-state index contributed by atoms with van der Waals surface area (Å²) < 4.78 is 5.20. The van der Waals surface area contributed by atoms with Crippen molar-refractivity contribution in [2.24, 2.45) is 5.10 Å². The number of phenols is 1. The molecule has 2 aromatic carbocycles. The first kappa shape index (κ1) is 17.0. The van der Waals surface area contributed by atoms with Gasteiger partial charge in [0.15, 0.2) is 11.5 Å². The van der Waals surface area contributed by atoms with Crippen LogP contribution in [0.25, 0.3) is 11.3 Å². The van der Waals surface area contributed by atoms with Crippen LogP contribution in [0.15, 0.2) is 52.9 Å². The van der Waals surface area contributed by atoms with Gasteiger partial charge >= 0.3 is 0 Å². The van der Waals surface area contributed by atoms with Gasteiger partial charge < -0.3 is 9.84 Å². The van der Waals surface area contributed by atoms with Gasteiger partial charge in [-0.15, -0.1) is 11.3 Å². The summed E-state index contributed by atoms with van der Waals surface area (Å²) in [5, 5.41) is 17.1. The second kappa shape index (κ2) is 7.81. The smallest absolute Gasteiger partial charge is 0.203 e. The first-order valence-corrected chi connectivity index (χ1v) is 8.79. The molecule has 3 rings (SSSR count). The highest BCUT2D eigenvalue weighted by atomic mass is 32.1. The van der Waals surface area contributed by atoms with E-state index in [9.17, 15) is 5.11 Å². The zero-order valence-electron chi connectivity index (χ0n) is 14.1. The van der Waals surface area contributed by atoms with Crippen LogP contribution in [0.3, 0.4) is 0 Å². The Morgan fingerprint density at radius 3 is 2.80 bits per heavy atom. The molecular formula is C19H19N3O2S. The Morgan fingerprint density at radius 2 is 2.08 bits per heavy atom. The lowest BCUT2D eigenvalue weighted by Gasteiger charge is -2.08. The number of thiazole rings is 1. The molecule has 128 valence electrons. The third kappa shape index (κ3) is 3.97. The third-order valence-corrected chi connectivity index (χ3v) is 4.48. The molecule has 5 nitrogen and oxygen atoms in total. The quantitative estimate of drug-likeness (QED) is 0.505. The maximum Gasteiger partial charge on any atom is 0.203 e. The van der Waals surface area contributed by atoms with Crippen molar-refractivity contribution in [1.29, 1.82) is 0 Å². The Kier molecular flexibility index (Phi) is 5.30. The first-order chi connectivity index (χ1) is 12.2. The zero-order valence-corrected chi connectivity index (χ0v) is 14.9. The number of nitrogens with one attached hydrogen (secondary N) is 1. The highest BCUT2D eigenvalue weighted by Crippen LogP contribution is 2.31. The van der Waals surface area contributed by atoms with Gasteiger partial charge in [0.25, 0.3) is 0 Å². The molecule has 0 spiro atoms. The molecule has 0 aliphatic carbocycles. The summed E-state index contributed by atoms with van der Waals surface area (Å²) >= 11 is 1.48. The number of aromatic nitrogens is 1. The number of benzene rings is 2. The zero-order chi connectivity index (χ0) is 17.6. The van der Waals surface area contributed by atoms with Crippen LogP contribution in [0.4, 0.5) is 5.13 Å². The van der Waals surface area contributed by atoms with Gasteiger partial charge in [-0.3, -0.25) is 5.43 Å². The molecular weight excluding hydrogens is 334 g/mol. The standard InChI is InChI=1S/C19H19N3O2S/c1-3-13-9-15(18(23)17(10-13)24-2)11-20-22-19-21-16(12-25-19)14-7-5-4-6-8-14/h4-12,23H,3H2,1-2H3,(H,21,22). The average molecular weight is 353 g/mol. The van der Waals surface area contributed by atoms with Crippen LogP contribution in [-0.4, -0.2) is 23.4 Å². The van der Waals surface area contributed by atoms with E-state index in [1.165, 1.54) is 18.4 Å². The van der Waals surface area contributed by atoms with Crippen molar-refractivity contribution in [3.05, 3.63) is 59.0 Å². The molecule has 1 heterocycles. The molecule has 0 atom stereocenters. The molecule has 1 aromatic heterocycles. The minimum atomic E-state index is 0.0781. The maximum atomic E-state index is 10.2. The fourth-order valence-electron chi connectivity index (χ4n) is 2.37. The largest absolute Gasteiger partial charge is 0.504 e. The number of anilines is 1. The van der Waals surface area contributed by atoms with Gasteiger partial charge in [0, 0.05) is 16.5 Å². The monoisotopic (exact) mass is 353 g/mol. The maximum absolute atomic E-state index is 10.2. The van der Waals surface area contributed by atoms with Gasteiger partial charge in [-0.2, -0.15) is 5.10 Å². The number of hydrazone groups is 1. The lowest BCUT2D eigenvalue weighted by Crippen LogP contribution is -1.95. The van der Waals surface area contributed by atoms with Crippen LogP contribution in [0.5, 0.6) is 11.5 Å². The van der Waals surface area contributed by atoms with Crippen LogP contribution < -0.4 is 10.2 Å². The van der Waals surface area contributed by atoms with Crippen LogP contribution in [0, 0.1) is 0 Å². The van der Waals surface area contributed by atoms with Crippen molar-refractivity contribution < 1.29 is 9.84 Å². The van der Waals surface area contributed by atoms with Crippen LogP contribution in [0.1, 0.15) is 18.1 Å². The van der Waals surface area contributed by atoms with Gasteiger partial charge in [-0.25, -0.2) is 4.98 Å². The Bertz CT molecular complexity index is 876. The first-order valence-electron chi connectivity index (χ1n) is 7.91. The van der Waals surface area contributed by atoms with Gasteiger partial charge in [0.2, 0.25) is 5.13 Å². The number of aryl methyl sites for hydroxylation is 1. The summed E-state index contributed by atoms with van der Waals surface area (Å²) in [6.45, 7) is 2.05. The van der Waals surface area contributed by atoms with E-state index in [0.717, 1.165) is 23.2 Å². The Hall–Kier alpha value is -2.86. The summed E-state index contributed by atoms with van der Waals surface area (Å²) in [7, 11) is 1.54. The summed E-state index contributed by atoms with van der Waals surface area (Å²) in [6, 6.07) is 13.7. The minimum Gasteiger partial charge on any atom is -0.504 e. The number of phenolic OH excluding ortho intramolecular Hbond substituents is 1. The van der Waals surface area contributed by atoms with Crippen molar-refractivity contribution >= 4 is 22.7 Å². The normalized spacial score (nSPS) is 11.0. The van der Waals surface area contributed by atoms with E-state index in [0.29, 0.717) is 16.4 Å². The number of rotatable bonds is 6. The van der Waals surface area contributed by atoms with Crippen molar-refractivity contribution in [3.8, 4) is 22.8 Å². The van der Waals surface area contributed by atoms with Crippen molar-refractivity contribution in [2.75, 3.05) is 12.5 Å². The molecule has 2 N–H and O–H groups in total. The Balaban J connectivity index is 1.75. The minimum absolute atomic E-state index is 0.0781.